The molecule has 0 N–H and O–H groups in total. The Hall–Kier alpha value is -2.27. The number of nitrogens with zero attached hydrogens (tertiary/aromatic N) is 2. The van der Waals surface area contributed by atoms with Crippen LogP contribution >= 0.6 is 0 Å². The predicted molar refractivity (Wildman–Crippen MR) is 116 cm³/mol. The topological polar surface area (TPSA) is 23.6 Å². The molecule has 3 nitrogen and oxygen atoms in total. The van der Waals surface area contributed by atoms with Gasteiger partial charge in [0.15, 0.2) is 0 Å². The summed E-state index contributed by atoms with van der Waals surface area (Å²) in [7, 11) is 0. The minimum absolute atomic E-state index is 0.0191. The van der Waals surface area contributed by atoms with E-state index in [1.165, 1.54) is 12.1 Å². The number of hydrogen-bond donors (Lipinski definition) is 0. The Morgan fingerprint density at radius 1 is 1.10 bits per heavy atom. The van der Waals surface area contributed by atoms with Crippen molar-refractivity contribution in [3.05, 3.63) is 71.5 Å². The lowest BCUT2D eigenvalue weighted by molar-refractivity contribution is -0.134. The van der Waals surface area contributed by atoms with Crippen LogP contribution in [0, 0.1) is 5.82 Å². The fourth-order valence-corrected chi connectivity index (χ4v) is 4.19. The van der Waals surface area contributed by atoms with Crippen molar-refractivity contribution in [1.29, 1.82) is 0 Å². The minimum atomic E-state index is -0.692. The highest BCUT2D eigenvalue weighted by atomic mass is 19.1. The van der Waals surface area contributed by atoms with Gasteiger partial charge in [0.1, 0.15) is 12.0 Å². The van der Waals surface area contributed by atoms with Crippen LogP contribution < -0.4 is 0 Å². The van der Waals surface area contributed by atoms with E-state index in [1.54, 1.807) is 12.1 Å². The Labute approximate surface area is 178 Å². The summed E-state index contributed by atoms with van der Waals surface area (Å²) in [6, 6.07) is 16.5. The second-order valence-corrected chi connectivity index (χ2v) is 8.06. The molecule has 2 aromatic carbocycles. The van der Waals surface area contributed by atoms with Crippen molar-refractivity contribution in [3.8, 4) is 0 Å². The van der Waals surface area contributed by atoms with Crippen LogP contribution in [0.15, 0.2) is 54.6 Å². The van der Waals surface area contributed by atoms with Crippen LogP contribution in [-0.2, 0) is 11.2 Å². The highest BCUT2D eigenvalue weighted by Gasteiger charge is 2.25. The SMILES string of the molecule is CCC(c1ccccc1)N(CCN1CCC(F)CC1)C(=O)CCc1ccc(F)cc1. The highest BCUT2D eigenvalue weighted by molar-refractivity contribution is 5.77. The number of carbonyl (C=O) groups is 1. The summed E-state index contributed by atoms with van der Waals surface area (Å²) < 4.78 is 26.6. The molecule has 1 unspecified atom stereocenters. The second-order valence-electron chi connectivity index (χ2n) is 8.06. The van der Waals surface area contributed by atoms with Gasteiger partial charge in [-0.3, -0.25) is 4.79 Å². The van der Waals surface area contributed by atoms with Crippen LogP contribution in [0.1, 0.15) is 49.8 Å². The van der Waals surface area contributed by atoms with Crippen LogP contribution in [0.5, 0.6) is 0 Å². The van der Waals surface area contributed by atoms with Crippen molar-refractivity contribution < 1.29 is 13.6 Å². The molecule has 1 aliphatic rings. The zero-order valence-corrected chi connectivity index (χ0v) is 17.8. The molecule has 0 aromatic heterocycles. The standard InChI is InChI=1S/C25H32F2N2O/c1-2-24(21-6-4-3-5-7-21)29(19-18-28-16-14-23(27)15-17-28)25(30)13-10-20-8-11-22(26)12-9-20/h3-9,11-12,23-24H,2,10,13-19H2,1H3. The maximum absolute atomic E-state index is 13.5. The molecule has 30 heavy (non-hydrogen) atoms. The molecule has 3 rings (SSSR count). The number of amides is 1. The Balaban J connectivity index is 1.68. The van der Waals surface area contributed by atoms with Crippen molar-refractivity contribution in [2.24, 2.45) is 0 Å². The largest absolute Gasteiger partial charge is 0.334 e. The molecule has 0 spiro atoms. The van der Waals surface area contributed by atoms with E-state index in [1.807, 2.05) is 23.1 Å². The summed E-state index contributed by atoms with van der Waals surface area (Å²) in [5.74, 6) is -0.158. The number of likely N-dealkylation sites (tertiary alicyclic amines) is 1. The van der Waals surface area contributed by atoms with Gasteiger partial charge in [0.2, 0.25) is 5.91 Å². The van der Waals surface area contributed by atoms with E-state index in [0.717, 1.165) is 37.2 Å². The average Bonchev–Trinajstić information content (AvgIpc) is 2.78. The van der Waals surface area contributed by atoms with Crippen molar-refractivity contribution in [1.82, 2.24) is 9.80 Å². The molecule has 0 saturated carbocycles. The lowest BCUT2D eigenvalue weighted by Gasteiger charge is -2.35. The van der Waals surface area contributed by atoms with E-state index >= 15 is 0 Å². The van der Waals surface area contributed by atoms with Crippen LogP contribution in [-0.4, -0.2) is 48.1 Å². The molecule has 0 aliphatic carbocycles. The number of rotatable bonds is 9. The summed E-state index contributed by atoms with van der Waals surface area (Å²) in [6.45, 7) is 5.00. The molecule has 0 radical (unpaired) electrons. The summed E-state index contributed by atoms with van der Waals surface area (Å²) >= 11 is 0. The molecule has 1 atom stereocenters. The van der Waals surface area contributed by atoms with E-state index in [0.29, 0.717) is 32.2 Å². The molecular formula is C25H32F2N2O. The van der Waals surface area contributed by atoms with E-state index < -0.39 is 6.17 Å². The van der Waals surface area contributed by atoms with Crippen LogP contribution in [0.3, 0.4) is 0 Å². The Kier molecular flexibility index (Phi) is 8.38. The Morgan fingerprint density at radius 2 is 1.77 bits per heavy atom. The molecule has 1 fully saturated rings. The normalized spacial score (nSPS) is 16.4. The first-order valence-corrected chi connectivity index (χ1v) is 11.0. The van der Waals surface area contributed by atoms with Gasteiger partial charge >= 0.3 is 0 Å². The second kappa shape index (κ2) is 11.2. The quantitative estimate of drug-likeness (QED) is 0.565. The zero-order valence-electron chi connectivity index (χ0n) is 17.8. The zero-order chi connectivity index (χ0) is 21.3. The van der Waals surface area contributed by atoms with Gasteiger partial charge in [-0.1, -0.05) is 49.4 Å². The summed E-state index contributed by atoms with van der Waals surface area (Å²) in [5, 5.41) is 0. The molecule has 1 heterocycles. The van der Waals surface area contributed by atoms with Crippen molar-refractivity contribution in [2.75, 3.05) is 26.2 Å². The van der Waals surface area contributed by atoms with Crippen molar-refractivity contribution in [2.45, 2.75) is 51.2 Å². The fourth-order valence-electron chi connectivity index (χ4n) is 4.19. The number of piperidine rings is 1. The summed E-state index contributed by atoms with van der Waals surface area (Å²) in [5.41, 5.74) is 2.10. The molecular weight excluding hydrogens is 382 g/mol. The lowest BCUT2D eigenvalue weighted by atomic mass is 10.0. The first-order valence-electron chi connectivity index (χ1n) is 11.0. The van der Waals surface area contributed by atoms with Gasteiger partial charge in [0.05, 0.1) is 6.04 Å². The fraction of sp³-hybridized carbons (Fsp3) is 0.480. The smallest absolute Gasteiger partial charge is 0.223 e. The van der Waals surface area contributed by atoms with Gasteiger partial charge in [-0.15, -0.1) is 0 Å². The molecule has 2 aromatic rings. The van der Waals surface area contributed by atoms with E-state index in [-0.39, 0.29) is 17.8 Å². The number of benzene rings is 2. The Bertz CT molecular complexity index is 773. The van der Waals surface area contributed by atoms with Crippen LogP contribution in [0.2, 0.25) is 0 Å². The van der Waals surface area contributed by atoms with Gasteiger partial charge in [-0.05, 0) is 48.9 Å². The monoisotopic (exact) mass is 414 g/mol. The summed E-state index contributed by atoms with van der Waals surface area (Å²) in [6.07, 6.45) is 2.28. The van der Waals surface area contributed by atoms with Gasteiger partial charge in [-0.25, -0.2) is 8.78 Å². The number of halogens is 2. The third-order valence-electron chi connectivity index (χ3n) is 5.98. The average molecular weight is 415 g/mol. The molecule has 1 amide bonds. The number of hydrogen-bond acceptors (Lipinski definition) is 2. The van der Waals surface area contributed by atoms with Gasteiger partial charge in [0, 0.05) is 32.6 Å². The van der Waals surface area contributed by atoms with Gasteiger partial charge in [0.25, 0.3) is 0 Å². The lowest BCUT2D eigenvalue weighted by Crippen LogP contribution is -2.43. The number of alkyl halides is 1. The third kappa shape index (κ3) is 6.36. The third-order valence-corrected chi connectivity index (χ3v) is 5.98. The molecule has 162 valence electrons. The highest BCUT2D eigenvalue weighted by Crippen LogP contribution is 2.25. The minimum Gasteiger partial charge on any atom is -0.334 e. The molecule has 1 saturated heterocycles. The number of aryl methyl sites for hydroxylation is 1. The maximum atomic E-state index is 13.5. The van der Waals surface area contributed by atoms with Crippen LogP contribution in [0.4, 0.5) is 8.78 Å². The van der Waals surface area contributed by atoms with Gasteiger partial charge < -0.3 is 9.80 Å². The first-order chi connectivity index (χ1) is 14.6. The van der Waals surface area contributed by atoms with Crippen molar-refractivity contribution in [3.63, 3.8) is 0 Å². The van der Waals surface area contributed by atoms with E-state index in [4.69, 9.17) is 0 Å². The maximum Gasteiger partial charge on any atom is 0.223 e. The van der Waals surface area contributed by atoms with Crippen molar-refractivity contribution >= 4 is 5.91 Å². The molecule has 1 aliphatic heterocycles. The first kappa shape index (κ1) is 22.4. The Morgan fingerprint density at radius 3 is 2.40 bits per heavy atom. The van der Waals surface area contributed by atoms with E-state index in [9.17, 15) is 13.6 Å². The van der Waals surface area contributed by atoms with E-state index in [2.05, 4.69) is 24.0 Å². The van der Waals surface area contributed by atoms with Crippen LogP contribution in [0.25, 0.3) is 0 Å². The molecule has 5 heteroatoms. The predicted octanol–water partition coefficient (Wildman–Crippen LogP) is 5.17. The molecule has 0 bridgehead atoms. The number of carbonyl (C=O) groups excluding carboxylic acids is 1. The van der Waals surface area contributed by atoms with Gasteiger partial charge in [-0.2, -0.15) is 0 Å². The summed E-state index contributed by atoms with van der Waals surface area (Å²) in [4.78, 5) is 17.5.